The molecule has 2 aromatic carbocycles. The van der Waals surface area contributed by atoms with Crippen molar-refractivity contribution in [2.24, 2.45) is 0 Å². The highest BCUT2D eigenvalue weighted by atomic mass is 79.9. The largest absolute Gasteiger partial charge is 0.348 e. The molecule has 1 nitrogen and oxygen atoms in total. The van der Waals surface area contributed by atoms with Crippen molar-refractivity contribution in [2.45, 2.75) is 6.04 Å². The third kappa shape index (κ3) is 2.46. The zero-order valence-electron chi connectivity index (χ0n) is 8.36. The highest BCUT2D eigenvalue weighted by Crippen LogP contribution is 2.20. The summed E-state index contributed by atoms with van der Waals surface area (Å²) in [6.45, 7) is 0. The fourth-order valence-electron chi connectivity index (χ4n) is 1.60. The lowest BCUT2D eigenvalue weighted by Gasteiger charge is -2.09. The van der Waals surface area contributed by atoms with Gasteiger partial charge in [-0.3, -0.25) is 0 Å². The van der Waals surface area contributed by atoms with Crippen molar-refractivity contribution in [3.05, 3.63) is 70.2 Å². The first-order valence-corrected chi connectivity index (χ1v) is 5.70. The highest BCUT2D eigenvalue weighted by molar-refractivity contribution is 9.10. The zero-order valence-corrected chi connectivity index (χ0v) is 9.94. The number of halogens is 1. The molecule has 15 heavy (non-hydrogen) atoms. The molecule has 0 aliphatic rings. The van der Waals surface area contributed by atoms with Crippen LogP contribution in [0.15, 0.2) is 59.1 Å². The van der Waals surface area contributed by atoms with Crippen LogP contribution in [-0.2, 0) is 0 Å². The molecule has 1 atom stereocenters. The highest BCUT2D eigenvalue weighted by Gasteiger charge is 2.11. The average molecular weight is 263 g/mol. The molecule has 0 spiro atoms. The Kier molecular flexibility index (Phi) is 3.19. The number of hydrogen-bond donors (Lipinski definition) is 1. The fraction of sp³-hybridized carbons (Fsp3) is 0.0769. The molecule has 0 radical (unpaired) electrons. The first kappa shape index (κ1) is 10.4. The monoisotopic (exact) mass is 262 g/mol. The van der Waals surface area contributed by atoms with Gasteiger partial charge in [-0.15, -0.1) is 0 Å². The average Bonchev–Trinajstić information content (AvgIpc) is 2.29. The van der Waals surface area contributed by atoms with E-state index >= 15 is 0 Å². The maximum absolute atomic E-state index is 4.20. The smallest absolute Gasteiger partial charge is 0.136 e. The Balaban J connectivity index is 2.32. The lowest BCUT2D eigenvalue weighted by Crippen LogP contribution is -2.53. The van der Waals surface area contributed by atoms with Crippen LogP contribution in [0.5, 0.6) is 0 Å². The van der Waals surface area contributed by atoms with Crippen LogP contribution in [0.4, 0.5) is 0 Å². The molecular formula is C13H13BrN+. The van der Waals surface area contributed by atoms with Crippen LogP contribution in [-0.4, -0.2) is 0 Å². The Morgan fingerprint density at radius 3 is 2.20 bits per heavy atom. The van der Waals surface area contributed by atoms with Gasteiger partial charge in [0.15, 0.2) is 0 Å². The van der Waals surface area contributed by atoms with E-state index < -0.39 is 0 Å². The predicted octanol–water partition coefficient (Wildman–Crippen LogP) is 2.78. The quantitative estimate of drug-likeness (QED) is 0.862. The lowest BCUT2D eigenvalue weighted by molar-refractivity contribution is -0.411. The predicted molar refractivity (Wildman–Crippen MR) is 65.3 cm³/mol. The molecule has 0 aliphatic carbocycles. The molecule has 0 aliphatic heterocycles. The van der Waals surface area contributed by atoms with Crippen LogP contribution in [0.1, 0.15) is 17.2 Å². The molecule has 2 aromatic rings. The number of benzene rings is 2. The van der Waals surface area contributed by atoms with Gasteiger partial charge in [0.25, 0.3) is 0 Å². The van der Waals surface area contributed by atoms with E-state index in [0.29, 0.717) is 0 Å². The summed E-state index contributed by atoms with van der Waals surface area (Å²) in [7, 11) is 0. The van der Waals surface area contributed by atoms with Gasteiger partial charge in [0, 0.05) is 15.6 Å². The van der Waals surface area contributed by atoms with Crippen molar-refractivity contribution < 1.29 is 5.73 Å². The van der Waals surface area contributed by atoms with Crippen molar-refractivity contribution in [2.75, 3.05) is 0 Å². The topological polar surface area (TPSA) is 27.6 Å². The van der Waals surface area contributed by atoms with E-state index in [-0.39, 0.29) is 6.04 Å². The Hall–Kier alpha value is -1.12. The molecule has 0 fully saturated rings. The normalized spacial score (nSPS) is 12.4. The molecule has 2 rings (SSSR count). The third-order valence-corrected chi connectivity index (χ3v) is 2.95. The van der Waals surface area contributed by atoms with Crippen LogP contribution in [0.25, 0.3) is 0 Å². The summed E-state index contributed by atoms with van der Waals surface area (Å²) in [6.07, 6.45) is 0. The van der Waals surface area contributed by atoms with Crippen LogP contribution in [0.3, 0.4) is 0 Å². The van der Waals surface area contributed by atoms with E-state index in [1.54, 1.807) is 0 Å². The van der Waals surface area contributed by atoms with Crippen molar-refractivity contribution in [1.29, 1.82) is 0 Å². The molecule has 0 amide bonds. The maximum atomic E-state index is 4.20. The van der Waals surface area contributed by atoms with E-state index in [1.807, 2.05) is 30.3 Å². The van der Waals surface area contributed by atoms with E-state index in [9.17, 15) is 0 Å². The summed E-state index contributed by atoms with van der Waals surface area (Å²) in [5, 5.41) is 0. The third-order valence-electron chi connectivity index (χ3n) is 2.45. The SMILES string of the molecule is [NH3+][C@H](c1ccccc1)c1cccc(Br)c1. The van der Waals surface area contributed by atoms with Crippen LogP contribution >= 0.6 is 15.9 Å². The van der Waals surface area contributed by atoms with Gasteiger partial charge in [-0.05, 0) is 12.1 Å². The van der Waals surface area contributed by atoms with Gasteiger partial charge in [-0.1, -0.05) is 58.4 Å². The fourth-order valence-corrected chi connectivity index (χ4v) is 2.02. The molecule has 0 saturated carbocycles. The van der Waals surface area contributed by atoms with Gasteiger partial charge in [-0.2, -0.15) is 0 Å². The minimum absolute atomic E-state index is 0.198. The summed E-state index contributed by atoms with van der Waals surface area (Å²) in [4.78, 5) is 0. The first-order valence-electron chi connectivity index (χ1n) is 4.91. The minimum Gasteiger partial charge on any atom is -0.348 e. The van der Waals surface area contributed by atoms with E-state index in [2.05, 4.69) is 45.9 Å². The Morgan fingerprint density at radius 1 is 0.867 bits per heavy atom. The summed E-state index contributed by atoms with van der Waals surface area (Å²) in [5.41, 5.74) is 6.68. The van der Waals surface area contributed by atoms with Crippen LogP contribution in [0.2, 0.25) is 0 Å². The molecule has 0 bridgehead atoms. The van der Waals surface area contributed by atoms with Gasteiger partial charge in [0.2, 0.25) is 0 Å². The van der Waals surface area contributed by atoms with Crippen molar-refractivity contribution in [3.8, 4) is 0 Å². The van der Waals surface area contributed by atoms with Gasteiger partial charge in [0.1, 0.15) is 6.04 Å². The van der Waals surface area contributed by atoms with Crippen molar-refractivity contribution >= 4 is 15.9 Å². The summed E-state index contributed by atoms with van der Waals surface area (Å²) >= 11 is 3.48. The number of quaternary nitrogens is 1. The molecule has 0 saturated heterocycles. The van der Waals surface area contributed by atoms with E-state index in [4.69, 9.17) is 0 Å². The summed E-state index contributed by atoms with van der Waals surface area (Å²) in [6, 6.07) is 18.8. The summed E-state index contributed by atoms with van der Waals surface area (Å²) < 4.78 is 1.10. The second kappa shape index (κ2) is 4.60. The second-order valence-corrected chi connectivity index (χ2v) is 4.43. The second-order valence-electron chi connectivity index (χ2n) is 3.52. The Morgan fingerprint density at radius 2 is 1.53 bits per heavy atom. The van der Waals surface area contributed by atoms with Crippen LogP contribution < -0.4 is 5.73 Å². The Labute approximate surface area is 98.1 Å². The molecular weight excluding hydrogens is 250 g/mol. The molecule has 2 heteroatoms. The standard InChI is InChI=1S/C13H12BrN/c14-12-8-4-7-11(9-12)13(15)10-5-2-1-3-6-10/h1-9,13H,15H2/p+1/t13-/m1/s1. The van der Waals surface area contributed by atoms with Crippen molar-refractivity contribution in [1.82, 2.24) is 0 Å². The lowest BCUT2D eigenvalue weighted by atomic mass is 10.00. The van der Waals surface area contributed by atoms with Crippen molar-refractivity contribution in [3.63, 3.8) is 0 Å². The first-order chi connectivity index (χ1) is 7.27. The Bertz CT molecular complexity index is 439. The van der Waals surface area contributed by atoms with Crippen LogP contribution in [0, 0.1) is 0 Å². The maximum Gasteiger partial charge on any atom is 0.136 e. The molecule has 0 unspecified atom stereocenters. The van der Waals surface area contributed by atoms with Gasteiger partial charge in [0.05, 0.1) is 0 Å². The zero-order chi connectivity index (χ0) is 10.7. The number of hydrogen-bond acceptors (Lipinski definition) is 0. The van der Waals surface area contributed by atoms with E-state index in [0.717, 1.165) is 4.47 Å². The minimum atomic E-state index is 0.198. The van der Waals surface area contributed by atoms with E-state index in [1.165, 1.54) is 11.1 Å². The molecule has 76 valence electrons. The molecule has 0 heterocycles. The van der Waals surface area contributed by atoms with Gasteiger partial charge >= 0.3 is 0 Å². The molecule has 3 N–H and O–H groups in total. The molecule has 0 aromatic heterocycles. The van der Waals surface area contributed by atoms with Gasteiger partial charge in [-0.25, -0.2) is 0 Å². The number of rotatable bonds is 2. The summed E-state index contributed by atoms with van der Waals surface area (Å²) in [5.74, 6) is 0. The van der Waals surface area contributed by atoms with Gasteiger partial charge < -0.3 is 5.73 Å².